The van der Waals surface area contributed by atoms with E-state index in [1.54, 1.807) is 0 Å². The van der Waals surface area contributed by atoms with Gasteiger partial charge in [-0.05, 0) is 36.8 Å². The lowest BCUT2D eigenvalue weighted by Crippen LogP contribution is -2.50. The van der Waals surface area contributed by atoms with Crippen molar-refractivity contribution in [3.8, 4) is 0 Å². The summed E-state index contributed by atoms with van der Waals surface area (Å²) in [5.74, 6) is 1.82. The number of nitrogens with zero attached hydrogens (tertiary/aromatic N) is 1. The maximum atomic E-state index is 5.93. The highest BCUT2D eigenvalue weighted by Crippen LogP contribution is 2.46. The van der Waals surface area contributed by atoms with Gasteiger partial charge in [0.2, 0.25) is 0 Å². The number of nitrogens with one attached hydrogen (secondary N) is 1. The van der Waals surface area contributed by atoms with Crippen molar-refractivity contribution in [2.45, 2.75) is 38.6 Å². The Hall–Kier alpha value is -2.04. The molecule has 0 radical (unpaired) electrons. The molecule has 1 aromatic carbocycles. The van der Waals surface area contributed by atoms with Crippen LogP contribution in [0.15, 0.2) is 46.9 Å². The molecule has 0 spiro atoms. The molecular weight excluding hydrogens is 300 g/mol. The van der Waals surface area contributed by atoms with E-state index in [0.29, 0.717) is 0 Å². The Morgan fingerprint density at radius 2 is 2.04 bits per heavy atom. The molecule has 1 aromatic heterocycles. The molecule has 0 saturated carbocycles. The molecule has 126 valence electrons. The minimum atomic E-state index is -0.0825. The number of ether oxygens (including phenoxy) is 1. The highest BCUT2D eigenvalue weighted by Gasteiger charge is 2.46. The molecule has 1 unspecified atom stereocenters. The molecule has 0 aliphatic carbocycles. The van der Waals surface area contributed by atoms with Crippen LogP contribution in [0.3, 0.4) is 0 Å². The normalized spacial score (nSPS) is 25.5. The Balaban J connectivity index is 1.73. The Bertz CT molecular complexity index is 757. The van der Waals surface area contributed by atoms with E-state index in [2.05, 4.69) is 60.5 Å². The average Bonchev–Trinajstić information content (AvgIpc) is 3.26. The zero-order valence-corrected chi connectivity index (χ0v) is 14.5. The average molecular weight is 324 g/mol. The summed E-state index contributed by atoms with van der Waals surface area (Å²) in [6.07, 6.45) is 4.23. The maximum absolute atomic E-state index is 5.93. The first-order chi connectivity index (χ1) is 11.6. The number of rotatable bonds is 3. The second-order valence-corrected chi connectivity index (χ2v) is 7.08. The number of anilines is 1. The van der Waals surface area contributed by atoms with Crippen LogP contribution in [0.1, 0.15) is 30.9 Å². The van der Waals surface area contributed by atoms with Crippen molar-refractivity contribution in [1.29, 1.82) is 0 Å². The summed E-state index contributed by atoms with van der Waals surface area (Å²) in [5, 5.41) is 3.46. The molecule has 0 amide bonds. The van der Waals surface area contributed by atoms with Gasteiger partial charge in [0.15, 0.2) is 6.35 Å². The van der Waals surface area contributed by atoms with Crippen LogP contribution in [0, 0.1) is 6.92 Å². The summed E-state index contributed by atoms with van der Waals surface area (Å²) in [7, 11) is 0. The standard InChI is InChI=1S/C20H24N2O2/c1-14-8-9-15(24-14)10-11-18-20(2,3)16-6-4-5-7-17(16)22(18)19-21-12-13-23-19/h4-11,18-19,21H,12-13H2,1-3H3/t18?,19-/m1/s1. The number of fused-ring (bicyclic) bond motifs is 1. The molecule has 4 nitrogen and oxygen atoms in total. The molecule has 4 rings (SSSR count). The fraction of sp³-hybridized carbons (Fsp3) is 0.400. The summed E-state index contributed by atoms with van der Waals surface area (Å²) in [4.78, 5) is 2.36. The second kappa shape index (κ2) is 5.80. The summed E-state index contributed by atoms with van der Waals surface area (Å²) in [6.45, 7) is 8.19. The Labute approximate surface area is 143 Å². The van der Waals surface area contributed by atoms with E-state index in [-0.39, 0.29) is 17.8 Å². The number of hydrogen-bond donors (Lipinski definition) is 1. The Morgan fingerprint density at radius 1 is 1.21 bits per heavy atom. The first kappa shape index (κ1) is 15.5. The third-order valence-electron chi connectivity index (χ3n) is 5.07. The van der Waals surface area contributed by atoms with Crippen molar-refractivity contribution < 1.29 is 9.15 Å². The van der Waals surface area contributed by atoms with Gasteiger partial charge in [-0.2, -0.15) is 0 Å². The molecule has 1 N–H and O–H groups in total. The van der Waals surface area contributed by atoms with E-state index in [0.717, 1.165) is 24.7 Å². The van der Waals surface area contributed by atoms with Crippen molar-refractivity contribution in [1.82, 2.24) is 5.32 Å². The summed E-state index contributed by atoms with van der Waals surface area (Å²) < 4.78 is 11.6. The van der Waals surface area contributed by atoms with Gasteiger partial charge in [0, 0.05) is 17.6 Å². The molecular formula is C20H24N2O2. The van der Waals surface area contributed by atoms with Gasteiger partial charge in [-0.1, -0.05) is 38.1 Å². The smallest absolute Gasteiger partial charge is 0.187 e. The zero-order valence-electron chi connectivity index (χ0n) is 14.5. The number of para-hydroxylation sites is 1. The van der Waals surface area contributed by atoms with Crippen LogP contribution in [-0.2, 0) is 10.2 Å². The fourth-order valence-corrected chi connectivity index (χ4v) is 3.83. The molecule has 4 heteroatoms. The van der Waals surface area contributed by atoms with E-state index in [4.69, 9.17) is 9.15 Å². The first-order valence-corrected chi connectivity index (χ1v) is 8.55. The van der Waals surface area contributed by atoms with Gasteiger partial charge in [0.05, 0.1) is 12.6 Å². The predicted molar refractivity (Wildman–Crippen MR) is 96.0 cm³/mol. The highest BCUT2D eigenvalue weighted by molar-refractivity contribution is 5.67. The van der Waals surface area contributed by atoms with Crippen LogP contribution in [0.4, 0.5) is 5.69 Å². The minimum Gasteiger partial charge on any atom is -0.462 e. The van der Waals surface area contributed by atoms with Gasteiger partial charge >= 0.3 is 0 Å². The van der Waals surface area contributed by atoms with E-state index in [1.807, 2.05) is 19.1 Å². The van der Waals surface area contributed by atoms with Crippen LogP contribution in [0.2, 0.25) is 0 Å². The SMILES string of the molecule is Cc1ccc(C=CC2N([C@H]3NCCO3)c3ccccc3C2(C)C)o1. The maximum Gasteiger partial charge on any atom is 0.187 e. The van der Waals surface area contributed by atoms with Gasteiger partial charge < -0.3 is 14.1 Å². The van der Waals surface area contributed by atoms with Crippen LogP contribution >= 0.6 is 0 Å². The number of furan rings is 1. The molecule has 1 fully saturated rings. The van der Waals surface area contributed by atoms with E-state index < -0.39 is 0 Å². The molecule has 0 bridgehead atoms. The number of aryl methyl sites for hydroxylation is 1. The van der Waals surface area contributed by atoms with Gasteiger partial charge in [-0.25, -0.2) is 0 Å². The summed E-state index contributed by atoms with van der Waals surface area (Å²) >= 11 is 0. The molecule has 2 aliphatic rings. The summed E-state index contributed by atoms with van der Waals surface area (Å²) in [6, 6.07) is 12.8. The van der Waals surface area contributed by atoms with Crippen molar-refractivity contribution in [2.24, 2.45) is 0 Å². The molecule has 2 aliphatic heterocycles. The van der Waals surface area contributed by atoms with Crippen LogP contribution in [0.25, 0.3) is 6.08 Å². The fourth-order valence-electron chi connectivity index (χ4n) is 3.83. The van der Waals surface area contributed by atoms with Gasteiger partial charge in [0.25, 0.3) is 0 Å². The second-order valence-electron chi connectivity index (χ2n) is 7.08. The Morgan fingerprint density at radius 3 is 2.75 bits per heavy atom. The van der Waals surface area contributed by atoms with E-state index in [1.165, 1.54) is 11.3 Å². The molecule has 3 heterocycles. The largest absolute Gasteiger partial charge is 0.462 e. The molecule has 1 saturated heterocycles. The Kier molecular flexibility index (Phi) is 3.74. The predicted octanol–water partition coefficient (Wildman–Crippen LogP) is 3.67. The lowest BCUT2D eigenvalue weighted by Gasteiger charge is -2.35. The number of hydrogen-bond acceptors (Lipinski definition) is 4. The monoisotopic (exact) mass is 324 g/mol. The van der Waals surface area contributed by atoms with Crippen LogP contribution < -0.4 is 10.2 Å². The van der Waals surface area contributed by atoms with Crippen molar-refractivity contribution in [3.63, 3.8) is 0 Å². The lowest BCUT2D eigenvalue weighted by molar-refractivity contribution is 0.0917. The van der Waals surface area contributed by atoms with Crippen LogP contribution in [0.5, 0.6) is 0 Å². The molecule has 24 heavy (non-hydrogen) atoms. The topological polar surface area (TPSA) is 37.6 Å². The quantitative estimate of drug-likeness (QED) is 0.935. The van der Waals surface area contributed by atoms with Crippen molar-refractivity contribution in [3.05, 3.63) is 59.6 Å². The third kappa shape index (κ3) is 2.46. The van der Waals surface area contributed by atoms with Crippen LogP contribution in [-0.4, -0.2) is 25.5 Å². The first-order valence-electron chi connectivity index (χ1n) is 8.55. The molecule has 2 aromatic rings. The zero-order chi connectivity index (χ0) is 16.7. The highest BCUT2D eigenvalue weighted by atomic mass is 16.5. The summed E-state index contributed by atoms with van der Waals surface area (Å²) in [5.41, 5.74) is 2.59. The lowest BCUT2D eigenvalue weighted by atomic mass is 9.80. The van der Waals surface area contributed by atoms with Gasteiger partial charge in [-0.15, -0.1) is 0 Å². The third-order valence-corrected chi connectivity index (χ3v) is 5.07. The van der Waals surface area contributed by atoms with E-state index >= 15 is 0 Å². The molecule has 2 atom stereocenters. The van der Waals surface area contributed by atoms with E-state index in [9.17, 15) is 0 Å². The van der Waals surface area contributed by atoms with Crippen molar-refractivity contribution in [2.75, 3.05) is 18.1 Å². The minimum absolute atomic E-state index is 0.0115. The van der Waals surface area contributed by atoms with Crippen molar-refractivity contribution >= 4 is 11.8 Å². The van der Waals surface area contributed by atoms with Gasteiger partial charge in [-0.3, -0.25) is 5.32 Å². The van der Waals surface area contributed by atoms with Gasteiger partial charge in [0.1, 0.15) is 11.5 Å². The number of benzene rings is 1.